The van der Waals surface area contributed by atoms with Gasteiger partial charge in [0.15, 0.2) is 0 Å². The number of nitrogens with two attached hydrogens (primary N) is 2. The molecule has 4 N–H and O–H groups in total. The van der Waals surface area contributed by atoms with Crippen molar-refractivity contribution >= 4 is 22.2 Å². The minimum absolute atomic E-state index is 0.530. The van der Waals surface area contributed by atoms with Crippen LogP contribution in [-0.4, -0.2) is 30.9 Å². The molecule has 2 aliphatic rings. The Morgan fingerprint density at radius 3 is 2.83 bits per heavy atom. The fourth-order valence-electron chi connectivity index (χ4n) is 4.45. The van der Waals surface area contributed by atoms with Gasteiger partial charge in [0.05, 0.1) is 10.6 Å². The summed E-state index contributed by atoms with van der Waals surface area (Å²) in [6.07, 6.45) is 9.13. The van der Waals surface area contributed by atoms with Crippen LogP contribution in [0.1, 0.15) is 54.0 Å². The standard InChI is InChI=1S/C18H28N4S/c1-4-21-17(19)16-15-13(8-9-14(15)23-18(16)20)11-6-5-7-12(10-11)22(2)3/h4,11-13H,1,5-10,20H2,2-3H3,(H2,19,21)/t11?,12-,13?/m0/s1. The largest absolute Gasteiger partial charge is 0.390 e. The highest BCUT2D eigenvalue weighted by molar-refractivity contribution is 7.16. The van der Waals surface area contributed by atoms with Crippen LogP contribution in [0, 0.1) is 5.92 Å². The molecule has 0 bridgehead atoms. The Hall–Kier alpha value is -1.33. The molecule has 5 heteroatoms. The second-order valence-electron chi connectivity index (χ2n) is 7.06. The lowest BCUT2D eigenvalue weighted by Gasteiger charge is -2.36. The second kappa shape index (κ2) is 6.65. The predicted octanol–water partition coefficient (Wildman–Crippen LogP) is 3.33. The lowest BCUT2D eigenvalue weighted by atomic mass is 9.75. The molecule has 1 heterocycles. The third-order valence-electron chi connectivity index (χ3n) is 5.58. The van der Waals surface area contributed by atoms with Gasteiger partial charge in [-0.05, 0) is 63.6 Å². The maximum Gasteiger partial charge on any atom is 0.133 e. The smallest absolute Gasteiger partial charge is 0.133 e. The van der Waals surface area contributed by atoms with E-state index in [1.165, 1.54) is 48.7 Å². The fourth-order valence-corrected chi connectivity index (χ4v) is 5.62. The van der Waals surface area contributed by atoms with Crippen LogP contribution in [-0.2, 0) is 6.42 Å². The van der Waals surface area contributed by atoms with E-state index in [4.69, 9.17) is 11.5 Å². The zero-order valence-corrected chi connectivity index (χ0v) is 15.0. The minimum Gasteiger partial charge on any atom is -0.390 e. The Morgan fingerprint density at radius 2 is 2.13 bits per heavy atom. The van der Waals surface area contributed by atoms with Gasteiger partial charge < -0.3 is 16.4 Å². The van der Waals surface area contributed by atoms with E-state index >= 15 is 0 Å². The molecule has 3 atom stereocenters. The first-order valence-corrected chi connectivity index (χ1v) is 9.36. The first kappa shape index (κ1) is 16.5. The molecule has 0 amide bonds. The Morgan fingerprint density at radius 1 is 1.35 bits per heavy atom. The van der Waals surface area contributed by atoms with Gasteiger partial charge in [-0.1, -0.05) is 13.0 Å². The molecule has 0 spiro atoms. The molecule has 0 aromatic carbocycles. The summed E-state index contributed by atoms with van der Waals surface area (Å²) in [6, 6.07) is 0.705. The number of hydrogen-bond donors (Lipinski definition) is 2. The van der Waals surface area contributed by atoms with Crippen molar-refractivity contribution in [2.75, 3.05) is 19.8 Å². The lowest BCUT2D eigenvalue weighted by molar-refractivity contribution is 0.169. The average molecular weight is 333 g/mol. The van der Waals surface area contributed by atoms with Crippen LogP contribution in [0.5, 0.6) is 0 Å². The van der Waals surface area contributed by atoms with Gasteiger partial charge in [0, 0.05) is 17.1 Å². The molecule has 0 radical (unpaired) electrons. The summed E-state index contributed by atoms with van der Waals surface area (Å²) in [4.78, 5) is 8.02. The van der Waals surface area contributed by atoms with Gasteiger partial charge in [0.25, 0.3) is 0 Å². The Kier molecular flexibility index (Phi) is 4.78. The van der Waals surface area contributed by atoms with Gasteiger partial charge in [0.2, 0.25) is 0 Å². The molecule has 4 nitrogen and oxygen atoms in total. The number of aliphatic imine (C=N–C) groups is 1. The number of aryl methyl sites for hydroxylation is 1. The molecular weight excluding hydrogens is 304 g/mol. The first-order chi connectivity index (χ1) is 11.0. The SMILES string of the molecule is C=CN=C(N)c1c(N)sc2c1C(C1CCC[C@H](N(C)C)C1)CC2. The number of fused-ring (bicyclic) bond motifs is 1. The van der Waals surface area contributed by atoms with Crippen LogP contribution in [0.4, 0.5) is 5.00 Å². The van der Waals surface area contributed by atoms with E-state index in [1.807, 2.05) is 0 Å². The van der Waals surface area contributed by atoms with Crippen LogP contribution < -0.4 is 11.5 Å². The molecule has 1 saturated carbocycles. The van der Waals surface area contributed by atoms with Crippen molar-refractivity contribution < 1.29 is 0 Å². The highest BCUT2D eigenvalue weighted by Crippen LogP contribution is 2.50. The van der Waals surface area contributed by atoms with Crippen LogP contribution in [0.2, 0.25) is 0 Å². The van der Waals surface area contributed by atoms with E-state index in [1.54, 1.807) is 11.3 Å². The summed E-state index contributed by atoms with van der Waals surface area (Å²) in [5.41, 5.74) is 14.9. The zero-order valence-electron chi connectivity index (χ0n) is 14.2. The lowest BCUT2D eigenvalue weighted by Crippen LogP contribution is -2.35. The minimum atomic E-state index is 0.530. The molecule has 1 aromatic rings. The van der Waals surface area contributed by atoms with Gasteiger partial charge in [-0.15, -0.1) is 11.3 Å². The number of hydrogen-bond acceptors (Lipinski definition) is 4. The van der Waals surface area contributed by atoms with Crippen LogP contribution in [0.15, 0.2) is 17.8 Å². The van der Waals surface area contributed by atoms with Gasteiger partial charge >= 0.3 is 0 Å². The fraction of sp³-hybridized carbons (Fsp3) is 0.611. The van der Waals surface area contributed by atoms with Crippen molar-refractivity contribution in [2.24, 2.45) is 16.6 Å². The highest BCUT2D eigenvalue weighted by atomic mass is 32.1. The van der Waals surface area contributed by atoms with Gasteiger partial charge in [-0.2, -0.15) is 0 Å². The summed E-state index contributed by atoms with van der Waals surface area (Å²) in [6.45, 7) is 3.66. The second-order valence-corrected chi connectivity index (χ2v) is 8.20. The summed E-state index contributed by atoms with van der Waals surface area (Å²) < 4.78 is 0. The molecule has 1 aromatic heterocycles. The van der Waals surface area contributed by atoms with Gasteiger partial charge in [-0.25, -0.2) is 4.99 Å². The normalized spacial score (nSPS) is 28.1. The first-order valence-electron chi connectivity index (χ1n) is 8.55. The third kappa shape index (κ3) is 3.04. The molecule has 1 fully saturated rings. The maximum absolute atomic E-state index is 6.27. The molecule has 2 unspecified atom stereocenters. The molecule has 23 heavy (non-hydrogen) atoms. The Labute approximate surface area is 143 Å². The van der Waals surface area contributed by atoms with E-state index in [0.29, 0.717) is 17.8 Å². The van der Waals surface area contributed by atoms with Crippen molar-refractivity contribution in [1.82, 2.24) is 4.90 Å². The predicted molar refractivity (Wildman–Crippen MR) is 100 cm³/mol. The molecular formula is C18H28N4S. The van der Waals surface area contributed by atoms with Gasteiger partial charge in [0.1, 0.15) is 5.84 Å². The number of nitrogens with zero attached hydrogens (tertiary/aromatic N) is 2. The molecule has 0 saturated heterocycles. The zero-order chi connectivity index (χ0) is 16.6. The number of amidine groups is 1. The van der Waals surface area contributed by atoms with Crippen LogP contribution >= 0.6 is 11.3 Å². The third-order valence-corrected chi connectivity index (χ3v) is 6.67. The number of nitrogen functional groups attached to an aromatic ring is 1. The summed E-state index contributed by atoms with van der Waals surface area (Å²) in [7, 11) is 4.41. The Balaban J connectivity index is 1.92. The van der Waals surface area contributed by atoms with Crippen molar-refractivity contribution in [3.05, 3.63) is 28.8 Å². The summed E-state index contributed by atoms with van der Waals surface area (Å²) in [5, 5.41) is 0.822. The number of anilines is 1. The van der Waals surface area contributed by atoms with E-state index in [2.05, 4.69) is 30.6 Å². The maximum atomic E-state index is 6.27. The summed E-state index contributed by atoms with van der Waals surface area (Å²) in [5.74, 6) is 1.86. The van der Waals surface area contributed by atoms with Crippen LogP contribution in [0.25, 0.3) is 0 Å². The van der Waals surface area contributed by atoms with E-state index in [0.717, 1.165) is 22.9 Å². The average Bonchev–Trinajstić information content (AvgIpc) is 3.05. The van der Waals surface area contributed by atoms with E-state index in [-0.39, 0.29) is 0 Å². The van der Waals surface area contributed by atoms with E-state index in [9.17, 15) is 0 Å². The quantitative estimate of drug-likeness (QED) is 0.656. The molecule has 2 aliphatic carbocycles. The summed E-state index contributed by atoms with van der Waals surface area (Å²) >= 11 is 1.70. The monoisotopic (exact) mass is 332 g/mol. The van der Waals surface area contributed by atoms with Crippen LogP contribution in [0.3, 0.4) is 0 Å². The molecule has 0 aliphatic heterocycles. The van der Waals surface area contributed by atoms with Crippen molar-refractivity contribution in [3.63, 3.8) is 0 Å². The van der Waals surface area contributed by atoms with Crippen molar-refractivity contribution in [3.8, 4) is 0 Å². The molecule has 126 valence electrons. The van der Waals surface area contributed by atoms with Crippen molar-refractivity contribution in [2.45, 2.75) is 50.5 Å². The van der Waals surface area contributed by atoms with Crippen molar-refractivity contribution in [1.29, 1.82) is 0 Å². The van der Waals surface area contributed by atoms with Gasteiger partial charge in [-0.3, -0.25) is 0 Å². The topological polar surface area (TPSA) is 67.6 Å². The molecule has 3 rings (SSSR count). The number of rotatable bonds is 4. The van der Waals surface area contributed by atoms with E-state index < -0.39 is 0 Å². The highest BCUT2D eigenvalue weighted by Gasteiger charge is 2.38. The number of thiophene rings is 1. The Bertz CT molecular complexity index is 617.